The van der Waals surface area contributed by atoms with Crippen molar-refractivity contribution in [3.8, 4) is 5.75 Å². The van der Waals surface area contributed by atoms with Gasteiger partial charge in [0.1, 0.15) is 5.75 Å². The Morgan fingerprint density at radius 3 is 2.70 bits per heavy atom. The van der Waals surface area contributed by atoms with Crippen LogP contribution in [0.25, 0.3) is 0 Å². The summed E-state index contributed by atoms with van der Waals surface area (Å²) >= 11 is 0. The third-order valence-electron chi connectivity index (χ3n) is 3.42. The van der Waals surface area contributed by atoms with Crippen molar-refractivity contribution in [3.05, 3.63) is 29.8 Å². The Morgan fingerprint density at radius 2 is 2.05 bits per heavy atom. The fourth-order valence-electron chi connectivity index (χ4n) is 1.88. The van der Waals surface area contributed by atoms with Crippen LogP contribution in [0.5, 0.6) is 5.75 Å². The van der Waals surface area contributed by atoms with Gasteiger partial charge in [0, 0.05) is 19.1 Å². The minimum atomic E-state index is -0.0189. The van der Waals surface area contributed by atoms with Crippen molar-refractivity contribution in [2.45, 2.75) is 39.7 Å². The van der Waals surface area contributed by atoms with E-state index < -0.39 is 0 Å². The Hall–Kier alpha value is -1.55. The molecule has 1 amide bonds. The van der Waals surface area contributed by atoms with Crippen LogP contribution in [-0.4, -0.2) is 30.3 Å². The number of nitrogens with one attached hydrogen (secondary N) is 1. The summed E-state index contributed by atoms with van der Waals surface area (Å²) in [7, 11) is 0. The lowest BCUT2D eigenvalue weighted by Crippen LogP contribution is -2.38. The van der Waals surface area contributed by atoms with E-state index in [1.807, 2.05) is 45.0 Å². The fraction of sp³-hybridized carbons (Fsp3) is 0.562. The fourth-order valence-corrected chi connectivity index (χ4v) is 1.88. The van der Waals surface area contributed by atoms with E-state index in [-0.39, 0.29) is 24.5 Å². The Bertz CT molecular complexity index is 420. The molecule has 20 heavy (non-hydrogen) atoms. The van der Waals surface area contributed by atoms with Crippen LogP contribution in [0, 0.1) is 5.92 Å². The van der Waals surface area contributed by atoms with E-state index in [0.717, 1.165) is 11.3 Å². The third kappa shape index (κ3) is 5.21. The van der Waals surface area contributed by atoms with Gasteiger partial charge < -0.3 is 15.2 Å². The molecule has 0 bridgehead atoms. The second kappa shape index (κ2) is 8.59. The van der Waals surface area contributed by atoms with Crippen molar-refractivity contribution >= 4 is 5.91 Å². The van der Waals surface area contributed by atoms with Gasteiger partial charge in [0.05, 0.1) is 6.61 Å². The first-order chi connectivity index (χ1) is 9.58. The summed E-state index contributed by atoms with van der Waals surface area (Å²) in [5, 5.41) is 12.0. The Labute approximate surface area is 121 Å². The van der Waals surface area contributed by atoms with Crippen molar-refractivity contribution in [1.82, 2.24) is 5.32 Å². The summed E-state index contributed by atoms with van der Waals surface area (Å²) in [5.74, 6) is 0.915. The molecule has 4 heteroatoms. The van der Waals surface area contributed by atoms with E-state index in [2.05, 4.69) is 5.32 Å². The molecule has 0 heterocycles. The average Bonchev–Trinajstić information content (AvgIpc) is 2.45. The zero-order valence-corrected chi connectivity index (χ0v) is 12.6. The van der Waals surface area contributed by atoms with Gasteiger partial charge in [-0.3, -0.25) is 4.79 Å². The summed E-state index contributed by atoms with van der Waals surface area (Å²) in [4.78, 5) is 11.9. The number of rotatable bonds is 8. The molecule has 2 N–H and O–H groups in total. The summed E-state index contributed by atoms with van der Waals surface area (Å²) in [6, 6.07) is 7.77. The normalized spacial score (nSPS) is 13.6. The average molecular weight is 279 g/mol. The van der Waals surface area contributed by atoms with E-state index >= 15 is 0 Å². The van der Waals surface area contributed by atoms with Crippen LogP contribution in [0.1, 0.15) is 32.8 Å². The minimum Gasteiger partial charge on any atom is -0.494 e. The third-order valence-corrected chi connectivity index (χ3v) is 3.42. The quantitative estimate of drug-likeness (QED) is 0.766. The molecule has 0 radical (unpaired) electrons. The van der Waals surface area contributed by atoms with Crippen molar-refractivity contribution in [3.63, 3.8) is 0 Å². The van der Waals surface area contributed by atoms with Crippen LogP contribution in [0.2, 0.25) is 0 Å². The number of ether oxygens (including phenoxy) is 1. The number of aliphatic hydroxyl groups excluding tert-OH is 1. The molecule has 0 saturated carbocycles. The van der Waals surface area contributed by atoms with Crippen LogP contribution in [-0.2, 0) is 11.2 Å². The number of benzene rings is 1. The highest BCUT2D eigenvalue weighted by molar-refractivity contribution is 5.76. The first-order valence-electron chi connectivity index (χ1n) is 7.19. The van der Waals surface area contributed by atoms with E-state index in [4.69, 9.17) is 9.84 Å². The number of para-hydroxylation sites is 1. The SMILES string of the molecule is CCOc1ccccc1CCC(=O)NC(C)C(C)CO. The first kappa shape index (κ1) is 16.5. The number of amides is 1. The molecule has 0 saturated heterocycles. The monoisotopic (exact) mass is 279 g/mol. The molecule has 1 aromatic carbocycles. The number of carbonyl (C=O) groups excluding carboxylic acids is 1. The maximum Gasteiger partial charge on any atom is 0.220 e. The van der Waals surface area contributed by atoms with Gasteiger partial charge in [-0.2, -0.15) is 0 Å². The lowest BCUT2D eigenvalue weighted by atomic mass is 10.0. The summed E-state index contributed by atoms with van der Waals surface area (Å²) in [5.41, 5.74) is 1.05. The summed E-state index contributed by atoms with van der Waals surface area (Å²) in [6.07, 6.45) is 1.08. The largest absolute Gasteiger partial charge is 0.494 e. The molecule has 112 valence electrons. The summed E-state index contributed by atoms with van der Waals surface area (Å²) in [6.45, 7) is 6.46. The molecule has 0 aliphatic carbocycles. The van der Waals surface area contributed by atoms with Crippen LogP contribution in [0.3, 0.4) is 0 Å². The number of hydrogen-bond acceptors (Lipinski definition) is 3. The highest BCUT2D eigenvalue weighted by Crippen LogP contribution is 2.19. The van der Waals surface area contributed by atoms with Gasteiger partial charge in [0.25, 0.3) is 0 Å². The maximum absolute atomic E-state index is 11.9. The zero-order chi connectivity index (χ0) is 15.0. The molecule has 0 spiro atoms. The van der Waals surface area contributed by atoms with Crippen LogP contribution in [0.15, 0.2) is 24.3 Å². The number of aryl methyl sites for hydroxylation is 1. The molecular formula is C16H25NO3. The lowest BCUT2D eigenvalue weighted by Gasteiger charge is -2.19. The van der Waals surface area contributed by atoms with E-state index in [1.54, 1.807) is 0 Å². The van der Waals surface area contributed by atoms with Gasteiger partial charge >= 0.3 is 0 Å². The molecule has 0 fully saturated rings. The van der Waals surface area contributed by atoms with Gasteiger partial charge in [-0.15, -0.1) is 0 Å². The molecule has 2 unspecified atom stereocenters. The predicted octanol–water partition coefficient (Wildman–Crippen LogP) is 2.15. The van der Waals surface area contributed by atoms with Crippen molar-refractivity contribution < 1.29 is 14.6 Å². The Balaban J connectivity index is 2.49. The number of carbonyl (C=O) groups is 1. The zero-order valence-electron chi connectivity index (χ0n) is 12.6. The lowest BCUT2D eigenvalue weighted by molar-refractivity contribution is -0.122. The molecular weight excluding hydrogens is 254 g/mol. The molecule has 0 aliphatic rings. The molecule has 0 aliphatic heterocycles. The van der Waals surface area contributed by atoms with Crippen molar-refractivity contribution in [1.29, 1.82) is 0 Å². The first-order valence-corrected chi connectivity index (χ1v) is 7.19. The van der Waals surface area contributed by atoms with E-state index in [0.29, 0.717) is 19.4 Å². The molecule has 0 aromatic heterocycles. The molecule has 4 nitrogen and oxygen atoms in total. The van der Waals surface area contributed by atoms with Crippen LogP contribution in [0.4, 0.5) is 0 Å². The van der Waals surface area contributed by atoms with Crippen molar-refractivity contribution in [2.24, 2.45) is 5.92 Å². The summed E-state index contributed by atoms with van der Waals surface area (Å²) < 4.78 is 5.54. The van der Waals surface area contributed by atoms with Gasteiger partial charge in [0.15, 0.2) is 0 Å². The van der Waals surface area contributed by atoms with Crippen molar-refractivity contribution in [2.75, 3.05) is 13.2 Å². The molecule has 1 rings (SSSR count). The maximum atomic E-state index is 11.9. The van der Waals surface area contributed by atoms with Gasteiger partial charge in [-0.1, -0.05) is 25.1 Å². The second-order valence-corrected chi connectivity index (χ2v) is 5.06. The second-order valence-electron chi connectivity index (χ2n) is 5.06. The standard InChI is InChI=1S/C16H25NO3/c1-4-20-15-8-6-5-7-14(15)9-10-16(19)17-13(3)12(2)11-18/h5-8,12-13,18H,4,9-11H2,1-3H3,(H,17,19). The van der Waals surface area contributed by atoms with Gasteiger partial charge in [0.2, 0.25) is 5.91 Å². The van der Waals surface area contributed by atoms with E-state index in [1.165, 1.54) is 0 Å². The molecule has 1 aromatic rings. The predicted molar refractivity (Wildman–Crippen MR) is 79.8 cm³/mol. The van der Waals surface area contributed by atoms with Crippen LogP contribution >= 0.6 is 0 Å². The van der Waals surface area contributed by atoms with Gasteiger partial charge in [-0.05, 0) is 37.8 Å². The smallest absolute Gasteiger partial charge is 0.220 e. The van der Waals surface area contributed by atoms with E-state index in [9.17, 15) is 4.79 Å². The topological polar surface area (TPSA) is 58.6 Å². The highest BCUT2D eigenvalue weighted by Gasteiger charge is 2.14. The van der Waals surface area contributed by atoms with Gasteiger partial charge in [-0.25, -0.2) is 0 Å². The van der Waals surface area contributed by atoms with Crippen LogP contribution < -0.4 is 10.1 Å². The Morgan fingerprint density at radius 1 is 1.35 bits per heavy atom. The number of aliphatic hydroxyl groups is 1. The highest BCUT2D eigenvalue weighted by atomic mass is 16.5. The molecule has 2 atom stereocenters. The number of hydrogen-bond donors (Lipinski definition) is 2. The minimum absolute atomic E-state index is 0.00380. The Kier molecular flexibility index (Phi) is 7.09.